The molecular weight excluding hydrogens is 374 g/mol. The number of hydrogen-bond acceptors (Lipinski definition) is 5. The fourth-order valence-electron chi connectivity index (χ4n) is 2.54. The zero-order chi connectivity index (χ0) is 17.3. The number of piperidine rings is 1. The van der Waals surface area contributed by atoms with Gasteiger partial charge in [0.25, 0.3) is 0 Å². The lowest BCUT2D eigenvalue weighted by molar-refractivity contribution is 0.298. The minimum atomic E-state index is -3.68. The highest BCUT2D eigenvalue weighted by Gasteiger charge is 2.30. The van der Waals surface area contributed by atoms with Crippen molar-refractivity contribution in [2.75, 3.05) is 34.2 Å². The van der Waals surface area contributed by atoms with Crippen molar-refractivity contribution in [1.82, 2.24) is 13.9 Å². The lowest BCUT2D eigenvalue weighted by Gasteiger charge is -2.31. The van der Waals surface area contributed by atoms with Gasteiger partial charge >= 0.3 is 0 Å². The molecule has 0 amide bonds. The molecule has 0 atom stereocenters. The van der Waals surface area contributed by atoms with E-state index in [1.165, 1.54) is 42.7 Å². The molecule has 0 aromatic heterocycles. The van der Waals surface area contributed by atoms with E-state index in [0.29, 0.717) is 19.1 Å². The second kappa shape index (κ2) is 8.11. The van der Waals surface area contributed by atoms with Crippen LogP contribution in [0.5, 0.6) is 0 Å². The van der Waals surface area contributed by atoms with Gasteiger partial charge in [0.2, 0.25) is 20.0 Å². The van der Waals surface area contributed by atoms with Crippen molar-refractivity contribution in [3.8, 4) is 0 Å². The van der Waals surface area contributed by atoms with Gasteiger partial charge in [0.1, 0.15) is 0 Å². The number of benzene rings is 1. The molecule has 1 aromatic carbocycles. The first-order valence-corrected chi connectivity index (χ1v) is 10.3. The van der Waals surface area contributed by atoms with E-state index in [2.05, 4.69) is 5.32 Å². The van der Waals surface area contributed by atoms with Crippen molar-refractivity contribution >= 4 is 32.5 Å². The minimum absolute atomic E-state index is 0. The standard InChI is InChI=1S/C14H23N3O4S2.ClH/c1-15-12-7-9-17(10-8-12)23(20,21)14-6-4-5-13(11-14)22(18,19)16(2)3;/h4-6,11-12,15H,7-10H2,1-3H3;1H. The normalized spacial score (nSPS) is 17.7. The largest absolute Gasteiger partial charge is 0.317 e. The van der Waals surface area contributed by atoms with Gasteiger partial charge in [-0.15, -0.1) is 12.4 Å². The smallest absolute Gasteiger partial charge is 0.243 e. The Hall–Kier alpha value is -0.710. The average Bonchev–Trinajstić information content (AvgIpc) is 2.54. The quantitative estimate of drug-likeness (QED) is 0.791. The fourth-order valence-corrected chi connectivity index (χ4v) is 5.08. The molecule has 2 rings (SSSR count). The van der Waals surface area contributed by atoms with Gasteiger partial charge in [0.05, 0.1) is 9.79 Å². The van der Waals surface area contributed by atoms with Gasteiger partial charge in [-0.05, 0) is 38.1 Å². The first-order chi connectivity index (χ1) is 10.7. The van der Waals surface area contributed by atoms with Crippen LogP contribution in [0.3, 0.4) is 0 Å². The maximum Gasteiger partial charge on any atom is 0.243 e. The molecule has 0 unspecified atom stereocenters. The van der Waals surface area contributed by atoms with Gasteiger partial charge in [-0.2, -0.15) is 4.31 Å². The van der Waals surface area contributed by atoms with E-state index in [0.717, 1.165) is 17.1 Å². The van der Waals surface area contributed by atoms with E-state index in [-0.39, 0.29) is 22.2 Å². The van der Waals surface area contributed by atoms with Crippen LogP contribution in [0.1, 0.15) is 12.8 Å². The summed E-state index contributed by atoms with van der Waals surface area (Å²) in [5.41, 5.74) is 0. The third-order valence-corrected chi connectivity index (χ3v) is 7.79. The summed E-state index contributed by atoms with van der Waals surface area (Å²) in [6.07, 6.45) is 1.48. The van der Waals surface area contributed by atoms with Gasteiger partial charge in [-0.3, -0.25) is 0 Å². The van der Waals surface area contributed by atoms with E-state index in [9.17, 15) is 16.8 Å². The third kappa shape index (κ3) is 4.27. The number of hydrogen-bond donors (Lipinski definition) is 1. The van der Waals surface area contributed by atoms with Crippen molar-refractivity contribution in [1.29, 1.82) is 0 Å². The molecule has 1 aliphatic rings. The summed E-state index contributed by atoms with van der Waals surface area (Å²) in [7, 11) is -2.65. The highest BCUT2D eigenvalue weighted by atomic mass is 35.5. The Kier molecular flexibility index (Phi) is 7.21. The molecule has 7 nitrogen and oxygen atoms in total. The van der Waals surface area contributed by atoms with Crippen LogP contribution in [-0.4, -0.2) is 65.7 Å². The van der Waals surface area contributed by atoms with E-state index >= 15 is 0 Å². The summed E-state index contributed by atoms with van der Waals surface area (Å²) < 4.78 is 52.3. The molecule has 1 N–H and O–H groups in total. The van der Waals surface area contributed by atoms with Crippen molar-refractivity contribution < 1.29 is 16.8 Å². The van der Waals surface area contributed by atoms with Gasteiger partial charge < -0.3 is 5.32 Å². The Balaban J connectivity index is 0.00000288. The molecule has 0 aliphatic carbocycles. The summed E-state index contributed by atoms with van der Waals surface area (Å²) in [5.74, 6) is 0. The Labute approximate surface area is 150 Å². The lowest BCUT2D eigenvalue weighted by Crippen LogP contribution is -2.43. The number of halogens is 1. The fraction of sp³-hybridized carbons (Fsp3) is 0.571. The molecule has 0 radical (unpaired) electrons. The van der Waals surface area contributed by atoms with Crippen molar-refractivity contribution in [2.45, 2.75) is 28.7 Å². The molecular formula is C14H24ClN3O4S2. The molecule has 138 valence electrons. The van der Waals surface area contributed by atoms with Crippen molar-refractivity contribution in [3.05, 3.63) is 24.3 Å². The highest BCUT2D eigenvalue weighted by molar-refractivity contribution is 7.90. The summed E-state index contributed by atoms with van der Waals surface area (Å²) in [5, 5.41) is 3.15. The van der Waals surface area contributed by atoms with Crippen molar-refractivity contribution in [2.24, 2.45) is 0 Å². The second-order valence-corrected chi connectivity index (χ2v) is 9.82. The average molecular weight is 398 g/mol. The second-order valence-electron chi connectivity index (χ2n) is 5.73. The molecule has 0 bridgehead atoms. The SMILES string of the molecule is CNC1CCN(S(=O)(=O)c2cccc(S(=O)(=O)N(C)C)c2)CC1.Cl. The first-order valence-electron chi connectivity index (χ1n) is 7.39. The van der Waals surface area contributed by atoms with Crippen LogP contribution in [0.4, 0.5) is 0 Å². The Morgan fingerprint density at radius 2 is 1.62 bits per heavy atom. The van der Waals surface area contributed by atoms with Crippen molar-refractivity contribution in [3.63, 3.8) is 0 Å². The molecule has 1 heterocycles. The molecule has 24 heavy (non-hydrogen) atoms. The summed E-state index contributed by atoms with van der Waals surface area (Å²) in [4.78, 5) is -0.00276. The summed E-state index contributed by atoms with van der Waals surface area (Å²) in [6, 6.07) is 5.86. The summed E-state index contributed by atoms with van der Waals surface area (Å²) >= 11 is 0. The number of nitrogens with one attached hydrogen (secondary N) is 1. The molecule has 1 fully saturated rings. The Morgan fingerprint density at radius 3 is 2.12 bits per heavy atom. The maximum absolute atomic E-state index is 12.7. The lowest BCUT2D eigenvalue weighted by atomic mass is 10.1. The van der Waals surface area contributed by atoms with E-state index in [4.69, 9.17) is 0 Å². The maximum atomic E-state index is 12.7. The zero-order valence-electron chi connectivity index (χ0n) is 14.0. The molecule has 1 aliphatic heterocycles. The third-order valence-electron chi connectivity index (χ3n) is 4.08. The van der Waals surface area contributed by atoms with Crippen LogP contribution in [0, 0.1) is 0 Å². The van der Waals surface area contributed by atoms with Crippen LogP contribution in [0.2, 0.25) is 0 Å². The monoisotopic (exact) mass is 397 g/mol. The molecule has 0 saturated carbocycles. The highest BCUT2D eigenvalue weighted by Crippen LogP contribution is 2.23. The Morgan fingerprint density at radius 1 is 1.08 bits per heavy atom. The predicted octanol–water partition coefficient (Wildman–Crippen LogP) is 0.731. The van der Waals surface area contributed by atoms with Crippen LogP contribution in [0.25, 0.3) is 0 Å². The number of sulfonamides is 2. The summed E-state index contributed by atoms with van der Waals surface area (Å²) in [6.45, 7) is 0.858. The minimum Gasteiger partial charge on any atom is -0.317 e. The molecule has 0 spiro atoms. The predicted molar refractivity (Wildman–Crippen MR) is 95.4 cm³/mol. The first kappa shape index (κ1) is 21.3. The number of nitrogens with zero attached hydrogens (tertiary/aromatic N) is 2. The van der Waals surface area contributed by atoms with E-state index < -0.39 is 20.0 Å². The molecule has 1 saturated heterocycles. The van der Waals surface area contributed by atoms with Gasteiger partial charge in [-0.25, -0.2) is 21.1 Å². The zero-order valence-corrected chi connectivity index (χ0v) is 16.4. The van der Waals surface area contributed by atoms with Gasteiger partial charge in [0.15, 0.2) is 0 Å². The van der Waals surface area contributed by atoms with E-state index in [1.54, 1.807) is 0 Å². The van der Waals surface area contributed by atoms with Crippen LogP contribution < -0.4 is 5.32 Å². The topological polar surface area (TPSA) is 86.8 Å². The van der Waals surface area contributed by atoms with E-state index in [1.807, 2.05) is 7.05 Å². The van der Waals surface area contributed by atoms with Crippen LogP contribution in [0.15, 0.2) is 34.1 Å². The van der Waals surface area contributed by atoms with Crippen LogP contribution in [-0.2, 0) is 20.0 Å². The Bertz CT molecular complexity index is 758. The molecule has 10 heteroatoms. The number of rotatable bonds is 5. The van der Waals surface area contributed by atoms with Gasteiger partial charge in [0, 0.05) is 33.2 Å². The van der Waals surface area contributed by atoms with Gasteiger partial charge in [-0.1, -0.05) is 6.07 Å². The van der Waals surface area contributed by atoms with Crippen LogP contribution >= 0.6 is 12.4 Å². The molecule has 1 aromatic rings.